The van der Waals surface area contributed by atoms with E-state index in [1.54, 1.807) is 13.0 Å². The Morgan fingerprint density at radius 3 is 2.81 bits per heavy atom. The van der Waals surface area contributed by atoms with Crippen LogP contribution < -0.4 is 14.2 Å². The number of fused-ring (bicyclic) bond motifs is 2. The molecule has 0 saturated carbocycles. The molecule has 0 fully saturated rings. The van der Waals surface area contributed by atoms with Crippen molar-refractivity contribution in [3.63, 3.8) is 0 Å². The highest BCUT2D eigenvalue weighted by atomic mass is 79.9. The first-order valence-electron chi connectivity index (χ1n) is 8.51. The number of halogens is 1. The van der Waals surface area contributed by atoms with Crippen molar-refractivity contribution in [1.29, 1.82) is 0 Å². The third kappa shape index (κ3) is 3.66. The minimum atomic E-state index is -0.283. The van der Waals surface area contributed by atoms with E-state index in [-0.39, 0.29) is 12.8 Å². The number of esters is 1. The number of aromatic nitrogens is 1. The topological polar surface area (TPSA) is 57.7 Å². The van der Waals surface area contributed by atoms with Gasteiger partial charge in [0.2, 0.25) is 6.79 Å². The summed E-state index contributed by atoms with van der Waals surface area (Å²) < 4.78 is 17.1. The number of hydrogen-bond acceptors (Lipinski definition) is 5. The fourth-order valence-corrected chi connectivity index (χ4v) is 3.20. The monoisotopic (exact) mass is 425 g/mol. The number of carbonyl (C=O) groups excluding carboxylic acids is 1. The first kappa shape index (κ1) is 17.5. The Morgan fingerprint density at radius 2 is 2.00 bits per heavy atom. The zero-order valence-electron chi connectivity index (χ0n) is 14.6. The number of para-hydroxylation sites is 1. The second kappa shape index (κ2) is 7.40. The van der Waals surface area contributed by atoms with Crippen LogP contribution in [0, 0.1) is 0 Å². The SMILES string of the molecule is CCC(=O)Oc1cccc2ccc(C=Cc3cc4c(cc3Br)OCO4)nc12. The summed E-state index contributed by atoms with van der Waals surface area (Å²) in [5.74, 6) is 1.64. The number of benzene rings is 2. The van der Waals surface area contributed by atoms with Gasteiger partial charge in [-0.05, 0) is 35.9 Å². The summed E-state index contributed by atoms with van der Waals surface area (Å²) in [6.45, 7) is 2.00. The molecule has 27 heavy (non-hydrogen) atoms. The number of rotatable bonds is 4. The lowest BCUT2D eigenvalue weighted by Crippen LogP contribution is -2.06. The molecule has 1 aromatic heterocycles. The van der Waals surface area contributed by atoms with Gasteiger partial charge in [-0.3, -0.25) is 4.79 Å². The molecular formula is C21H16BrNO4. The molecule has 5 nitrogen and oxygen atoms in total. The summed E-state index contributed by atoms with van der Waals surface area (Å²) in [6.07, 6.45) is 4.16. The molecule has 4 rings (SSSR count). The number of hydrogen-bond donors (Lipinski definition) is 0. The smallest absolute Gasteiger partial charge is 0.310 e. The van der Waals surface area contributed by atoms with Crippen LogP contribution in [0.1, 0.15) is 24.6 Å². The van der Waals surface area contributed by atoms with E-state index in [4.69, 9.17) is 14.2 Å². The molecule has 0 saturated heterocycles. The molecule has 2 heterocycles. The van der Waals surface area contributed by atoms with Crippen molar-refractivity contribution < 1.29 is 19.0 Å². The van der Waals surface area contributed by atoms with Crippen LogP contribution in [-0.4, -0.2) is 17.7 Å². The molecule has 1 aliphatic heterocycles. The third-order valence-electron chi connectivity index (χ3n) is 4.14. The molecule has 3 aromatic rings. The van der Waals surface area contributed by atoms with E-state index in [9.17, 15) is 4.79 Å². The van der Waals surface area contributed by atoms with Crippen LogP contribution in [0.25, 0.3) is 23.1 Å². The first-order valence-corrected chi connectivity index (χ1v) is 9.31. The molecule has 0 bridgehead atoms. The number of nitrogens with zero attached hydrogens (tertiary/aromatic N) is 1. The molecule has 0 amide bonds. The zero-order chi connectivity index (χ0) is 18.8. The van der Waals surface area contributed by atoms with Gasteiger partial charge in [-0.2, -0.15) is 0 Å². The highest BCUT2D eigenvalue weighted by Crippen LogP contribution is 2.37. The van der Waals surface area contributed by atoms with E-state index in [2.05, 4.69) is 20.9 Å². The van der Waals surface area contributed by atoms with Crippen LogP contribution in [-0.2, 0) is 4.79 Å². The van der Waals surface area contributed by atoms with Crippen LogP contribution in [0.15, 0.2) is 46.9 Å². The molecule has 0 unspecified atom stereocenters. The molecule has 2 aromatic carbocycles. The fraction of sp³-hybridized carbons (Fsp3) is 0.143. The van der Waals surface area contributed by atoms with E-state index in [0.717, 1.165) is 32.6 Å². The Morgan fingerprint density at radius 1 is 1.19 bits per heavy atom. The minimum absolute atomic E-state index is 0.237. The van der Waals surface area contributed by atoms with Gasteiger partial charge in [0, 0.05) is 16.3 Å². The lowest BCUT2D eigenvalue weighted by molar-refractivity contribution is -0.133. The van der Waals surface area contributed by atoms with Crippen LogP contribution in [0.3, 0.4) is 0 Å². The quantitative estimate of drug-likeness (QED) is 0.424. The molecule has 0 radical (unpaired) electrons. The van der Waals surface area contributed by atoms with E-state index in [1.165, 1.54) is 0 Å². The van der Waals surface area contributed by atoms with Gasteiger partial charge >= 0.3 is 5.97 Å². The van der Waals surface area contributed by atoms with Crippen molar-refractivity contribution in [1.82, 2.24) is 4.98 Å². The molecule has 0 spiro atoms. The molecule has 1 aliphatic rings. The summed E-state index contributed by atoms with van der Waals surface area (Å²) in [5.41, 5.74) is 2.37. The number of pyridine rings is 1. The lowest BCUT2D eigenvalue weighted by Gasteiger charge is -2.07. The van der Waals surface area contributed by atoms with Gasteiger partial charge in [-0.1, -0.05) is 47.1 Å². The Balaban J connectivity index is 1.67. The lowest BCUT2D eigenvalue weighted by atomic mass is 10.1. The second-order valence-corrected chi connectivity index (χ2v) is 6.81. The van der Waals surface area contributed by atoms with Crippen molar-refractivity contribution >= 4 is 45.0 Å². The average Bonchev–Trinajstić information content (AvgIpc) is 3.13. The Labute approximate surface area is 164 Å². The highest BCUT2D eigenvalue weighted by Gasteiger charge is 2.15. The van der Waals surface area contributed by atoms with Crippen molar-refractivity contribution in [3.8, 4) is 17.2 Å². The predicted molar refractivity (Wildman–Crippen MR) is 107 cm³/mol. The van der Waals surface area contributed by atoms with E-state index >= 15 is 0 Å². The van der Waals surface area contributed by atoms with E-state index in [1.807, 2.05) is 48.6 Å². The second-order valence-electron chi connectivity index (χ2n) is 5.95. The van der Waals surface area contributed by atoms with E-state index < -0.39 is 0 Å². The number of carbonyl (C=O) groups is 1. The predicted octanol–water partition coefficient (Wildman–Crippen LogP) is 5.21. The van der Waals surface area contributed by atoms with E-state index in [0.29, 0.717) is 17.7 Å². The van der Waals surface area contributed by atoms with Gasteiger partial charge in [-0.25, -0.2) is 4.98 Å². The third-order valence-corrected chi connectivity index (χ3v) is 4.83. The molecule has 136 valence electrons. The summed E-state index contributed by atoms with van der Waals surface area (Å²) in [4.78, 5) is 16.3. The van der Waals surface area contributed by atoms with Gasteiger partial charge in [0.25, 0.3) is 0 Å². The molecule has 0 N–H and O–H groups in total. The molecule has 6 heteroatoms. The minimum Gasteiger partial charge on any atom is -0.454 e. The fourth-order valence-electron chi connectivity index (χ4n) is 2.74. The molecular weight excluding hydrogens is 410 g/mol. The maximum Gasteiger partial charge on any atom is 0.310 e. The summed E-state index contributed by atoms with van der Waals surface area (Å²) in [6, 6.07) is 13.2. The van der Waals surface area contributed by atoms with Gasteiger partial charge in [0.1, 0.15) is 5.52 Å². The van der Waals surface area contributed by atoms with Gasteiger partial charge in [0.05, 0.1) is 5.69 Å². The van der Waals surface area contributed by atoms with Crippen LogP contribution in [0.5, 0.6) is 17.2 Å². The van der Waals surface area contributed by atoms with Crippen LogP contribution >= 0.6 is 15.9 Å². The standard InChI is InChI=1S/C21H16BrNO4/c1-2-20(24)27-17-5-3-4-13-6-8-15(23-21(13)17)9-7-14-10-18-19(11-16(14)22)26-12-25-18/h3-11H,2,12H2,1H3. The van der Waals surface area contributed by atoms with Crippen LogP contribution in [0.4, 0.5) is 0 Å². The summed E-state index contributed by atoms with van der Waals surface area (Å²) in [7, 11) is 0. The van der Waals surface area contributed by atoms with Crippen molar-refractivity contribution in [2.75, 3.05) is 6.79 Å². The summed E-state index contributed by atoms with van der Waals surface area (Å²) >= 11 is 3.55. The Kier molecular flexibility index (Phi) is 4.81. The zero-order valence-corrected chi connectivity index (χ0v) is 16.2. The normalized spacial score (nSPS) is 12.7. The maximum absolute atomic E-state index is 11.7. The van der Waals surface area contributed by atoms with Crippen molar-refractivity contribution in [2.45, 2.75) is 13.3 Å². The molecule has 0 aliphatic carbocycles. The van der Waals surface area contributed by atoms with Gasteiger partial charge in [0.15, 0.2) is 17.2 Å². The maximum atomic E-state index is 11.7. The van der Waals surface area contributed by atoms with Gasteiger partial charge in [-0.15, -0.1) is 0 Å². The highest BCUT2D eigenvalue weighted by molar-refractivity contribution is 9.10. The first-order chi connectivity index (χ1) is 13.1. The van der Waals surface area contributed by atoms with Gasteiger partial charge < -0.3 is 14.2 Å². The Hall–Kier alpha value is -2.86. The summed E-state index contributed by atoms with van der Waals surface area (Å²) in [5, 5.41) is 0.915. The van der Waals surface area contributed by atoms with Crippen molar-refractivity contribution in [3.05, 3.63) is 58.2 Å². The number of ether oxygens (including phenoxy) is 3. The van der Waals surface area contributed by atoms with Crippen molar-refractivity contribution in [2.24, 2.45) is 0 Å². The average molecular weight is 426 g/mol. The largest absolute Gasteiger partial charge is 0.454 e. The Bertz CT molecular complexity index is 1060. The molecule has 0 atom stereocenters. The van der Waals surface area contributed by atoms with Crippen LogP contribution in [0.2, 0.25) is 0 Å².